The molecule has 0 radical (unpaired) electrons. The van der Waals surface area contributed by atoms with E-state index in [9.17, 15) is 15.0 Å². The lowest BCUT2D eigenvalue weighted by Crippen LogP contribution is -1.97. The predicted molar refractivity (Wildman–Crippen MR) is 93.8 cm³/mol. The van der Waals surface area contributed by atoms with Gasteiger partial charge in [0.2, 0.25) is 5.89 Å². The van der Waals surface area contributed by atoms with Gasteiger partial charge in [-0.05, 0) is 35.9 Å². The van der Waals surface area contributed by atoms with Crippen LogP contribution in [0.15, 0.2) is 40.8 Å². The SMILES string of the molecule is COc1cc(/C=C(\CC(=O)O)c2nc3ccccc3o2)cc(Cl)c1O. The van der Waals surface area contributed by atoms with Crippen LogP contribution in [0.25, 0.3) is 22.7 Å². The Hall–Kier alpha value is -2.99. The van der Waals surface area contributed by atoms with Crippen LogP contribution < -0.4 is 4.74 Å². The summed E-state index contributed by atoms with van der Waals surface area (Å²) < 4.78 is 10.7. The molecule has 0 fully saturated rings. The van der Waals surface area contributed by atoms with E-state index in [4.69, 9.17) is 20.8 Å². The van der Waals surface area contributed by atoms with Crippen molar-refractivity contribution < 1.29 is 24.2 Å². The van der Waals surface area contributed by atoms with Crippen LogP contribution in [0.3, 0.4) is 0 Å². The Labute approximate surface area is 147 Å². The molecule has 0 amide bonds. The number of ether oxygens (including phenoxy) is 1. The van der Waals surface area contributed by atoms with Gasteiger partial charge in [-0.1, -0.05) is 23.7 Å². The summed E-state index contributed by atoms with van der Waals surface area (Å²) in [6.07, 6.45) is 1.31. The van der Waals surface area contributed by atoms with Gasteiger partial charge < -0.3 is 19.4 Å². The third kappa shape index (κ3) is 3.59. The quantitative estimate of drug-likeness (QED) is 0.708. The predicted octanol–water partition coefficient (Wildman–Crippen LogP) is 4.21. The number of rotatable bonds is 5. The summed E-state index contributed by atoms with van der Waals surface area (Å²) in [5, 5.41) is 19.1. The molecular formula is C18H14ClNO5. The minimum absolute atomic E-state index is 0.0952. The van der Waals surface area contributed by atoms with Crippen LogP contribution in [0.5, 0.6) is 11.5 Å². The van der Waals surface area contributed by atoms with Crippen LogP contribution in [-0.4, -0.2) is 28.3 Å². The minimum atomic E-state index is -1.02. The molecule has 0 aliphatic heterocycles. The van der Waals surface area contributed by atoms with Gasteiger partial charge >= 0.3 is 5.97 Å². The second-order valence-corrected chi connectivity index (χ2v) is 5.69. The topological polar surface area (TPSA) is 92.8 Å². The molecule has 6 nitrogen and oxygen atoms in total. The van der Waals surface area contributed by atoms with Gasteiger partial charge in [-0.25, -0.2) is 4.98 Å². The summed E-state index contributed by atoms with van der Waals surface area (Å²) in [4.78, 5) is 15.6. The number of hydrogen-bond donors (Lipinski definition) is 2. The van der Waals surface area contributed by atoms with E-state index < -0.39 is 5.97 Å². The molecule has 25 heavy (non-hydrogen) atoms. The number of oxazole rings is 1. The highest BCUT2D eigenvalue weighted by Gasteiger charge is 2.15. The number of aromatic hydroxyl groups is 1. The number of benzene rings is 2. The summed E-state index contributed by atoms with van der Waals surface area (Å²) >= 11 is 5.98. The van der Waals surface area contributed by atoms with Crippen molar-refractivity contribution in [3.63, 3.8) is 0 Å². The van der Waals surface area contributed by atoms with Crippen LogP contribution in [0.2, 0.25) is 5.02 Å². The molecule has 3 aromatic rings. The first-order valence-electron chi connectivity index (χ1n) is 7.32. The number of aliphatic carboxylic acids is 1. The Balaban J connectivity index is 2.10. The number of methoxy groups -OCH3 is 1. The Morgan fingerprint density at radius 3 is 2.80 bits per heavy atom. The van der Waals surface area contributed by atoms with E-state index >= 15 is 0 Å². The number of carboxylic acids is 1. The van der Waals surface area contributed by atoms with Gasteiger partial charge in [-0.15, -0.1) is 0 Å². The van der Waals surface area contributed by atoms with Gasteiger partial charge in [0.25, 0.3) is 0 Å². The molecule has 0 unspecified atom stereocenters. The molecule has 2 N–H and O–H groups in total. The highest BCUT2D eigenvalue weighted by atomic mass is 35.5. The van der Waals surface area contributed by atoms with E-state index in [2.05, 4.69) is 4.98 Å². The zero-order valence-electron chi connectivity index (χ0n) is 13.2. The Morgan fingerprint density at radius 2 is 2.12 bits per heavy atom. The summed E-state index contributed by atoms with van der Waals surface area (Å²) in [5.41, 5.74) is 2.12. The van der Waals surface area contributed by atoms with Crippen LogP contribution in [0.4, 0.5) is 0 Å². The summed E-state index contributed by atoms with van der Waals surface area (Å²) in [6, 6.07) is 10.2. The van der Waals surface area contributed by atoms with Crippen LogP contribution >= 0.6 is 11.6 Å². The number of carbonyl (C=O) groups is 1. The number of carboxylic acid groups (broad SMARTS) is 1. The van der Waals surface area contributed by atoms with Crippen LogP contribution in [0.1, 0.15) is 17.9 Å². The standard InChI is InChI=1S/C18H14ClNO5/c1-24-15-8-10(7-12(19)17(15)23)6-11(9-16(21)22)18-20-13-4-2-3-5-14(13)25-18/h2-8,23H,9H2,1H3,(H,21,22)/b11-6+. The Morgan fingerprint density at radius 1 is 1.36 bits per heavy atom. The normalized spacial score (nSPS) is 11.7. The van der Waals surface area contributed by atoms with Crippen molar-refractivity contribution in [3.8, 4) is 11.5 Å². The van der Waals surface area contributed by atoms with E-state index in [1.54, 1.807) is 24.3 Å². The zero-order valence-corrected chi connectivity index (χ0v) is 13.9. The average Bonchev–Trinajstić information content (AvgIpc) is 3.01. The Kier molecular flexibility index (Phi) is 4.63. The maximum Gasteiger partial charge on any atom is 0.308 e. The molecule has 0 bridgehead atoms. The molecule has 0 spiro atoms. The molecule has 7 heteroatoms. The maximum atomic E-state index is 11.2. The second-order valence-electron chi connectivity index (χ2n) is 5.28. The van der Waals surface area contributed by atoms with E-state index in [1.807, 2.05) is 12.1 Å². The van der Waals surface area contributed by atoms with Gasteiger partial charge in [0, 0.05) is 5.57 Å². The fourth-order valence-corrected chi connectivity index (χ4v) is 2.61. The van der Waals surface area contributed by atoms with Gasteiger partial charge in [0.15, 0.2) is 17.1 Å². The molecule has 1 aromatic heterocycles. The highest BCUT2D eigenvalue weighted by molar-refractivity contribution is 6.32. The van der Waals surface area contributed by atoms with Crippen molar-refractivity contribution in [1.82, 2.24) is 4.98 Å². The molecule has 128 valence electrons. The fourth-order valence-electron chi connectivity index (χ4n) is 2.39. The number of phenols is 1. The monoisotopic (exact) mass is 359 g/mol. The molecular weight excluding hydrogens is 346 g/mol. The van der Waals surface area contributed by atoms with Crippen molar-refractivity contribution in [1.29, 1.82) is 0 Å². The number of hydrogen-bond acceptors (Lipinski definition) is 5. The number of aromatic nitrogens is 1. The summed E-state index contributed by atoms with van der Waals surface area (Å²) in [7, 11) is 1.40. The molecule has 3 rings (SSSR count). The minimum Gasteiger partial charge on any atom is -0.503 e. The number of fused-ring (bicyclic) bond motifs is 1. The Bertz CT molecular complexity index is 944. The smallest absolute Gasteiger partial charge is 0.308 e. The maximum absolute atomic E-state index is 11.2. The van der Waals surface area contributed by atoms with Gasteiger partial charge in [-0.2, -0.15) is 0 Å². The van der Waals surface area contributed by atoms with Crippen molar-refractivity contribution in [2.75, 3.05) is 7.11 Å². The number of para-hydroxylation sites is 2. The van der Waals surface area contributed by atoms with Gasteiger partial charge in [0.1, 0.15) is 5.52 Å². The molecule has 0 saturated heterocycles. The van der Waals surface area contributed by atoms with Gasteiger partial charge in [-0.3, -0.25) is 4.79 Å². The first-order chi connectivity index (χ1) is 12.0. The average molecular weight is 360 g/mol. The van der Waals surface area contributed by atoms with Gasteiger partial charge in [0.05, 0.1) is 18.6 Å². The van der Waals surface area contributed by atoms with Crippen molar-refractivity contribution in [2.45, 2.75) is 6.42 Å². The third-order valence-electron chi connectivity index (χ3n) is 3.52. The molecule has 0 atom stereocenters. The fraction of sp³-hybridized carbons (Fsp3) is 0.111. The number of halogens is 1. The second kappa shape index (κ2) is 6.86. The molecule has 0 aliphatic carbocycles. The van der Waals surface area contributed by atoms with Crippen molar-refractivity contribution in [3.05, 3.63) is 52.9 Å². The van der Waals surface area contributed by atoms with E-state index in [-0.39, 0.29) is 28.8 Å². The lowest BCUT2D eigenvalue weighted by Gasteiger charge is -2.07. The number of nitrogens with zero attached hydrogens (tertiary/aromatic N) is 1. The molecule has 0 saturated carbocycles. The van der Waals surface area contributed by atoms with Crippen molar-refractivity contribution >= 4 is 40.3 Å². The van der Waals surface area contributed by atoms with E-state index in [1.165, 1.54) is 13.2 Å². The van der Waals surface area contributed by atoms with E-state index in [0.29, 0.717) is 22.2 Å². The zero-order chi connectivity index (χ0) is 18.0. The lowest BCUT2D eigenvalue weighted by molar-refractivity contribution is -0.135. The summed E-state index contributed by atoms with van der Waals surface area (Å²) in [5.74, 6) is -0.800. The highest BCUT2D eigenvalue weighted by Crippen LogP contribution is 2.36. The summed E-state index contributed by atoms with van der Waals surface area (Å²) in [6.45, 7) is 0. The largest absolute Gasteiger partial charge is 0.503 e. The molecule has 1 heterocycles. The third-order valence-corrected chi connectivity index (χ3v) is 3.81. The molecule has 0 aliphatic rings. The van der Waals surface area contributed by atoms with Crippen LogP contribution in [-0.2, 0) is 4.79 Å². The van der Waals surface area contributed by atoms with Crippen molar-refractivity contribution in [2.24, 2.45) is 0 Å². The van der Waals surface area contributed by atoms with Crippen LogP contribution in [0, 0.1) is 0 Å². The molecule has 2 aromatic carbocycles. The first-order valence-corrected chi connectivity index (χ1v) is 7.70. The first kappa shape index (κ1) is 16.9. The lowest BCUT2D eigenvalue weighted by atomic mass is 10.1. The number of phenolic OH excluding ortho intramolecular Hbond substituents is 1. The van der Waals surface area contributed by atoms with E-state index in [0.717, 1.165) is 0 Å².